The highest BCUT2D eigenvalue weighted by atomic mass is 16.5. The van der Waals surface area contributed by atoms with Gasteiger partial charge in [-0.25, -0.2) is 0 Å². The van der Waals surface area contributed by atoms with Crippen LogP contribution in [0, 0.1) is 0 Å². The van der Waals surface area contributed by atoms with E-state index < -0.39 is 5.60 Å². The molecule has 2 atom stereocenters. The van der Waals surface area contributed by atoms with Crippen LogP contribution in [0.4, 0.5) is 0 Å². The fraction of sp³-hybridized carbons (Fsp3) is 0.316. The Kier molecular flexibility index (Phi) is 4.20. The number of methoxy groups -OCH3 is 2. The largest absolute Gasteiger partial charge is 0.468 e. The van der Waals surface area contributed by atoms with E-state index in [1.54, 1.807) is 7.11 Å². The van der Waals surface area contributed by atoms with Crippen LogP contribution in [0.5, 0.6) is 0 Å². The van der Waals surface area contributed by atoms with Crippen molar-refractivity contribution in [2.75, 3.05) is 20.8 Å². The van der Waals surface area contributed by atoms with Gasteiger partial charge in [0, 0.05) is 20.1 Å². The second-order valence-electron chi connectivity index (χ2n) is 5.85. The summed E-state index contributed by atoms with van der Waals surface area (Å²) in [4.78, 5) is 11.8. The molecule has 1 N–H and O–H groups in total. The van der Waals surface area contributed by atoms with Gasteiger partial charge in [-0.3, -0.25) is 4.79 Å². The fourth-order valence-corrected chi connectivity index (χ4v) is 3.34. The van der Waals surface area contributed by atoms with Crippen LogP contribution in [0.3, 0.4) is 0 Å². The first-order chi connectivity index (χ1) is 11.1. The monoisotopic (exact) mass is 311 g/mol. The number of carbonyl (C=O) groups is 1. The summed E-state index contributed by atoms with van der Waals surface area (Å²) in [6.45, 7) is 4.49. The summed E-state index contributed by atoms with van der Waals surface area (Å²) in [5.74, 6) is -0.256. The zero-order valence-corrected chi connectivity index (χ0v) is 13.5. The Labute approximate surface area is 136 Å². The number of hydrogen-bond acceptors (Lipinski definition) is 4. The molecule has 0 amide bonds. The summed E-state index contributed by atoms with van der Waals surface area (Å²) in [5, 5.41) is 5.50. The first kappa shape index (κ1) is 15.7. The predicted octanol–water partition coefficient (Wildman–Crippen LogP) is 2.86. The number of hydrogen-bond donors (Lipinski definition) is 1. The SMILES string of the molecule is C=Cc1cc(C2(OC)CN[C@H](C(=O)OC)C2)cc2ccccc12. The first-order valence-electron chi connectivity index (χ1n) is 7.65. The Balaban J connectivity index is 2.07. The third-order valence-electron chi connectivity index (χ3n) is 4.68. The topological polar surface area (TPSA) is 47.6 Å². The van der Waals surface area contributed by atoms with Crippen molar-refractivity contribution in [1.29, 1.82) is 0 Å². The zero-order valence-electron chi connectivity index (χ0n) is 13.5. The molecule has 1 unspecified atom stereocenters. The van der Waals surface area contributed by atoms with Crippen molar-refractivity contribution >= 4 is 22.8 Å². The number of fused-ring (bicyclic) bond motifs is 1. The van der Waals surface area contributed by atoms with E-state index in [2.05, 4.69) is 36.2 Å². The highest BCUT2D eigenvalue weighted by Crippen LogP contribution is 2.37. The quantitative estimate of drug-likeness (QED) is 0.882. The van der Waals surface area contributed by atoms with Gasteiger partial charge >= 0.3 is 5.97 Å². The van der Waals surface area contributed by atoms with Crippen LogP contribution >= 0.6 is 0 Å². The van der Waals surface area contributed by atoms with Crippen molar-refractivity contribution in [1.82, 2.24) is 5.32 Å². The molecule has 120 valence electrons. The fourth-order valence-electron chi connectivity index (χ4n) is 3.34. The molecule has 1 fully saturated rings. The molecular weight excluding hydrogens is 290 g/mol. The van der Waals surface area contributed by atoms with E-state index in [1.165, 1.54) is 7.11 Å². The van der Waals surface area contributed by atoms with Crippen molar-refractivity contribution in [2.24, 2.45) is 0 Å². The number of carbonyl (C=O) groups excluding carboxylic acids is 1. The maximum Gasteiger partial charge on any atom is 0.322 e. The molecule has 1 aliphatic heterocycles. The van der Waals surface area contributed by atoms with Gasteiger partial charge < -0.3 is 14.8 Å². The van der Waals surface area contributed by atoms with Gasteiger partial charge in [0.05, 0.1) is 7.11 Å². The molecule has 2 aromatic carbocycles. The first-order valence-corrected chi connectivity index (χ1v) is 7.65. The molecule has 0 aliphatic carbocycles. The average Bonchev–Trinajstić information content (AvgIpc) is 3.06. The minimum atomic E-state index is -0.541. The minimum absolute atomic E-state index is 0.256. The second-order valence-corrected chi connectivity index (χ2v) is 5.85. The Morgan fingerprint density at radius 1 is 1.35 bits per heavy atom. The molecule has 0 saturated carbocycles. The Bertz CT molecular complexity index is 755. The van der Waals surface area contributed by atoms with E-state index >= 15 is 0 Å². The molecule has 0 aromatic heterocycles. The van der Waals surface area contributed by atoms with Gasteiger partial charge in [0.25, 0.3) is 0 Å². The van der Waals surface area contributed by atoms with Crippen molar-refractivity contribution in [3.8, 4) is 0 Å². The van der Waals surface area contributed by atoms with Crippen molar-refractivity contribution < 1.29 is 14.3 Å². The third-order valence-corrected chi connectivity index (χ3v) is 4.68. The number of benzene rings is 2. The molecule has 4 heteroatoms. The van der Waals surface area contributed by atoms with E-state index in [4.69, 9.17) is 9.47 Å². The number of ether oxygens (including phenoxy) is 2. The Hall–Kier alpha value is -2.17. The maximum atomic E-state index is 11.8. The molecule has 0 spiro atoms. The molecule has 2 aromatic rings. The standard InChI is InChI=1S/C19H21NO3/c1-4-13-9-15(10-14-7-5-6-8-16(13)14)19(23-3)11-17(20-12-19)18(21)22-2/h4-10,17,20H,1,11-12H2,2-3H3/t17-,19?/m0/s1. The number of esters is 1. The molecule has 0 bridgehead atoms. The van der Waals surface area contributed by atoms with Crippen LogP contribution in [0.2, 0.25) is 0 Å². The average molecular weight is 311 g/mol. The van der Waals surface area contributed by atoms with Gasteiger partial charge in [-0.1, -0.05) is 36.9 Å². The van der Waals surface area contributed by atoms with Crippen molar-refractivity contribution in [2.45, 2.75) is 18.1 Å². The van der Waals surface area contributed by atoms with Gasteiger partial charge in [0.2, 0.25) is 0 Å². The van der Waals surface area contributed by atoms with E-state index in [-0.39, 0.29) is 12.0 Å². The number of rotatable bonds is 4. The Morgan fingerprint density at radius 2 is 2.13 bits per heavy atom. The molecule has 1 heterocycles. The van der Waals surface area contributed by atoms with E-state index in [0.29, 0.717) is 13.0 Å². The summed E-state index contributed by atoms with van der Waals surface area (Å²) in [6, 6.07) is 12.1. The van der Waals surface area contributed by atoms with Crippen LogP contribution in [-0.2, 0) is 19.9 Å². The van der Waals surface area contributed by atoms with Gasteiger partial charge in [0.1, 0.15) is 11.6 Å². The molecule has 1 aliphatic rings. The second kappa shape index (κ2) is 6.14. The van der Waals surface area contributed by atoms with Crippen molar-refractivity contribution in [3.63, 3.8) is 0 Å². The summed E-state index contributed by atoms with van der Waals surface area (Å²) >= 11 is 0. The predicted molar refractivity (Wildman–Crippen MR) is 91.1 cm³/mol. The summed E-state index contributed by atoms with van der Waals surface area (Å²) in [6.07, 6.45) is 2.40. The van der Waals surface area contributed by atoms with Gasteiger partial charge in [0.15, 0.2) is 0 Å². The molecule has 23 heavy (non-hydrogen) atoms. The summed E-state index contributed by atoms with van der Waals surface area (Å²) in [7, 11) is 3.09. The lowest BCUT2D eigenvalue weighted by Crippen LogP contribution is -2.31. The van der Waals surface area contributed by atoms with Crippen LogP contribution in [0.15, 0.2) is 43.0 Å². The van der Waals surface area contributed by atoms with E-state index in [1.807, 2.05) is 18.2 Å². The van der Waals surface area contributed by atoms with Crippen LogP contribution in [0.1, 0.15) is 17.5 Å². The van der Waals surface area contributed by atoms with E-state index in [9.17, 15) is 4.79 Å². The molecule has 1 saturated heterocycles. The number of nitrogens with one attached hydrogen (secondary N) is 1. The maximum absolute atomic E-state index is 11.8. The molecule has 4 nitrogen and oxygen atoms in total. The van der Waals surface area contributed by atoms with Gasteiger partial charge in [-0.2, -0.15) is 0 Å². The van der Waals surface area contributed by atoms with Crippen LogP contribution in [0.25, 0.3) is 16.8 Å². The molecule has 0 radical (unpaired) electrons. The van der Waals surface area contributed by atoms with E-state index in [0.717, 1.165) is 21.9 Å². The normalized spacial score (nSPS) is 23.8. The lowest BCUT2D eigenvalue weighted by molar-refractivity contribution is -0.143. The molecular formula is C19H21NO3. The highest BCUT2D eigenvalue weighted by molar-refractivity contribution is 5.91. The zero-order chi connectivity index (χ0) is 16.4. The smallest absolute Gasteiger partial charge is 0.322 e. The lowest BCUT2D eigenvalue weighted by Gasteiger charge is -2.28. The minimum Gasteiger partial charge on any atom is -0.468 e. The lowest BCUT2D eigenvalue weighted by atomic mass is 9.87. The van der Waals surface area contributed by atoms with Gasteiger partial charge in [-0.15, -0.1) is 0 Å². The van der Waals surface area contributed by atoms with Crippen molar-refractivity contribution in [3.05, 3.63) is 54.1 Å². The highest BCUT2D eigenvalue weighted by Gasteiger charge is 2.44. The summed E-state index contributed by atoms with van der Waals surface area (Å²) < 4.78 is 10.7. The van der Waals surface area contributed by atoms with Crippen LogP contribution in [-0.4, -0.2) is 32.8 Å². The van der Waals surface area contributed by atoms with Crippen LogP contribution < -0.4 is 5.32 Å². The third kappa shape index (κ3) is 2.64. The summed E-state index contributed by atoms with van der Waals surface area (Å²) in [5.41, 5.74) is 1.57. The molecule has 3 rings (SSSR count). The van der Waals surface area contributed by atoms with Gasteiger partial charge in [-0.05, 0) is 34.0 Å². The Morgan fingerprint density at radius 3 is 2.83 bits per heavy atom.